The smallest absolute Gasteiger partial charge is 0.338 e. The first-order valence-corrected chi connectivity index (χ1v) is 23.4. The Bertz CT molecular complexity index is 2800. The fourth-order valence-corrected chi connectivity index (χ4v) is 11.1. The molecule has 4 aromatic carbocycles. The maximum absolute atomic E-state index is 16.4. The van der Waals surface area contributed by atoms with Crippen molar-refractivity contribution in [3.8, 4) is 5.75 Å². The van der Waals surface area contributed by atoms with Crippen LogP contribution < -0.4 is 4.74 Å². The molecule has 0 aromatic heterocycles. The summed E-state index contributed by atoms with van der Waals surface area (Å²) in [6, 6.07) is 29.9. The standard InChI is InChI=1S/C56H56O15/c1-32-41(67-33(2)57)30-56(64)51(70-52(63)39-16-12-9-13-17-39)49-54(6,50(62)48(46(32)53(56,4)5)69-45(60)28-36-20-25-40(65-7)26-21-36)42(29-43-55(49,31-66-43)71-34(3)58)68-44(59)27-22-35-18-23-38(24-19-35)47(61)37-14-10-8-11-15-37/h8-27,41-43,48-49,51,64H,28-31H2,1-7H3/b27-22+/t41-,42-,43+,48+,49-,51-,54+,55-,56+/m0/s1. The Balaban J connectivity index is 1.27. The predicted octanol–water partition coefficient (Wildman–Crippen LogP) is 6.95. The molecule has 4 aliphatic rings. The molecular formula is C56H56O15. The van der Waals surface area contributed by atoms with Crippen molar-refractivity contribution in [2.24, 2.45) is 16.7 Å². The molecule has 8 rings (SSSR count). The van der Waals surface area contributed by atoms with E-state index in [0.717, 1.165) is 6.08 Å². The van der Waals surface area contributed by atoms with E-state index >= 15 is 4.79 Å². The maximum atomic E-state index is 16.4. The molecular weight excluding hydrogens is 913 g/mol. The molecule has 1 N–H and O–H groups in total. The third-order valence-electron chi connectivity index (χ3n) is 14.8. The number of hydrogen-bond donors (Lipinski definition) is 1. The van der Waals surface area contributed by atoms with Crippen LogP contribution in [0.4, 0.5) is 0 Å². The van der Waals surface area contributed by atoms with E-state index < -0.39 is 101 Å². The molecule has 0 amide bonds. The first-order valence-electron chi connectivity index (χ1n) is 23.4. The normalized spacial score (nSPS) is 28.4. The van der Waals surface area contributed by atoms with Gasteiger partial charge in [0.2, 0.25) is 0 Å². The predicted molar refractivity (Wildman–Crippen MR) is 255 cm³/mol. The van der Waals surface area contributed by atoms with Gasteiger partial charge < -0.3 is 38.3 Å². The molecule has 2 saturated carbocycles. The summed E-state index contributed by atoms with van der Waals surface area (Å²) in [5.41, 5.74) is -5.48. The molecule has 1 heterocycles. The van der Waals surface area contributed by atoms with E-state index in [9.17, 15) is 33.9 Å². The molecule has 4 aromatic rings. The van der Waals surface area contributed by atoms with Crippen LogP contribution in [0.25, 0.3) is 6.08 Å². The third-order valence-corrected chi connectivity index (χ3v) is 14.8. The highest BCUT2D eigenvalue weighted by atomic mass is 16.6. The Morgan fingerprint density at radius 1 is 0.761 bits per heavy atom. The lowest BCUT2D eigenvalue weighted by molar-refractivity contribution is -0.346. The lowest BCUT2D eigenvalue weighted by Crippen LogP contribution is -2.82. The van der Waals surface area contributed by atoms with E-state index in [0.29, 0.717) is 33.6 Å². The summed E-state index contributed by atoms with van der Waals surface area (Å²) in [6.07, 6.45) is -5.79. The van der Waals surface area contributed by atoms with Crippen LogP contribution in [0.15, 0.2) is 126 Å². The lowest BCUT2D eigenvalue weighted by Gasteiger charge is -2.67. The molecule has 15 heteroatoms. The second-order valence-corrected chi connectivity index (χ2v) is 19.3. The molecule has 1 aliphatic heterocycles. The van der Waals surface area contributed by atoms with Gasteiger partial charge in [-0.25, -0.2) is 9.59 Å². The summed E-state index contributed by atoms with van der Waals surface area (Å²) < 4.78 is 42.7. The van der Waals surface area contributed by atoms with E-state index in [2.05, 4.69) is 0 Å². The van der Waals surface area contributed by atoms with Crippen LogP contribution in [-0.2, 0) is 58.8 Å². The van der Waals surface area contributed by atoms with Gasteiger partial charge in [0, 0.05) is 49.3 Å². The first-order chi connectivity index (χ1) is 33.7. The second kappa shape index (κ2) is 19.5. The number of hydrogen-bond acceptors (Lipinski definition) is 15. The van der Waals surface area contributed by atoms with E-state index in [1.807, 2.05) is 6.07 Å². The van der Waals surface area contributed by atoms with Crippen molar-refractivity contribution in [3.63, 3.8) is 0 Å². The van der Waals surface area contributed by atoms with Crippen molar-refractivity contribution in [3.05, 3.63) is 154 Å². The van der Waals surface area contributed by atoms with Gasteiger partial charge in [0.25, 0.3) is 0 Å². The molecule has 1 saturated heterocycles. The second-order valence-electron chi connectivity index (χ2n) is 19.3. The molecule has 2 bridgehead atoms. The average molecular weight is 969 g/mol. The van der Waals surface area contributed by atoms with E-state index in [1.165, 1.54) is 46.1 Å². The minimum absolute atomic E-state index is 0.0682. The molecule has 9 atom stereocenters. The van der Waals surface area contributed by atoms with Gasteiger partial charge in [0.05, 0.1) is 37.0 Å². The molecule has 0 unspecified atom stereocenters. The quantitative estimate of drug-likeness (QED) is 0.0473. The average Bonchev–Trinajstić information content (AvgIpc) is 3.34. The van der Waals surface area contributed by atoms with Gasteiger partial charge in [-0.2, -0.15) is 0 Å². The van der Waals surface area contributed by atoms with E-state index in [4.69, 9.17) is 33.2 Å². The number of aliphatic hydroxyl groups is 1. The summed E-state index contributed by atoms with van der Waals surface area (Å²) in [4.78, 5) is 98.7. The summed E-state index contributed by atoms with van der Waals surface area (Å²) in [7, 11) is 1.50. The van der Waals surface area contributed by atoms with Gasteiger partial charge in [0.1, 0.15) is 35.8 Å². The molecule has 370 valence electrons. The zero-order chi connectivity index (χ0) is 51.0. The Labute approximate surface area is 411 Å². The Morgan fingerprint density at radius 3 is 1.96 bits per heavy atom. The number of fused-ring (bicyclic) bond motifs is 5. The van der Waals surface area contributed by atoms with Gasteiger partial charge in [-0.15, -0.1) is 0 Å². The summed E-state index contributed by atoms with van der Waals surface area (Å²) >= 11 is 0. The van der Waals surface area contributed by atoms with E-state index in [1.54, 1.807) is 112 Å². The molecule has 0 spiro atoms. The van der Waals surface area contributed by atoms with Gasteiger partial charge >= 0.3 is 29.8 Å². The van der Waals surface area contributed by atoms with E-state index in [-0.39, 0.29) is 36.4 Å². The Morgan fingerprint density at radius 2 is 1.38 bits per heavy atom. The number of carbonyl (C=O) groups is 7. The highest BCUT2D eigenvalue weighted by Gasteiger charge is 2.79. The van der Waals surface area contributed by atoms with Crippen LogP contribution in [0.2, 0.25) is 0 Å². The summed E-state index contributed by atoms with van der Waals surface area (Å²) in [5, 5.41) is 13.9. The fraction of sp³-hybridized carbons (Fsp3) is 0.375. The lowest BCUT2D eigenvalue weighted by atomic mass is 9.44. The number of carbonyl (C=O) groups excluding carboxylic acids is 7. The monoisotopic (exact) mass is 968 g/mol. The van der Waals surface area contributed by atoms with Crippen molar-refractivity contribution in [2.75, 3.05) is 13.7 Å². The number of Topliss-reactive ketones (excluding diaryl/α,β-unsaturated/α-hetero) is 1. The van der Waals surface area contributed by atoms with Gasteiger partial charge in [-0.3, -0.25) is 24.0 Å². The molecule has 15 nitrogen and oxygen atoms in total. The van der Waals surface area contributed by atoms with Gasteiger partial charge in [-0.05, 0) is 66.5 Å². The summed E-state index contributed by atoms with van der Waals surface area (Å²) in [6.45, 7) is 8.32. The number of methoxy groups -OCH3 is 1. The first kappa shape index (κ1) is 50.2. The van der Waals surface area contributed by atoms with Crippen molar-refractivity contribution < 1.29 is 71.8 Å². The number of ether oxygens (including phenoxy) is 7. The number of rotatable bonds is 13. The number of ketones is 2. The molecule has 0 radical (unpaired) electrons. The topological polar surface area (TPSA) is 204 Å². The zero-order valence-corrected chi connectivity index (χ0v) is 40.5. The minimum Gasteiger partial charge on any atom is -0.497 e. The molecule has 3 aliphatic carbocycles. The molecule has 71 heavy (non-hydrogen) atoms. The van der Waals surface area contributed by atoms with Crippen LogP contribution in [0, 0.1) is 16.7 Å². The van der Waals surface area contributed by atoms with Gasteiger partial charge in [-0.1, -0.05) is 98.8 Å². The van der Waals surface area contributed by atoms with Crippen LogP contribution in [0.5, 0.6) is 5.75 Å². The minimum atomic E-state index is -2.33. The zero-order valence-electron chi connectivity index (χ0n) is 40.5. The van der Waals surface area contributed by atoms with Crippen molar-refractivity contribution in [1.29, 1.82) is 0 Å². The Kier molecular flexibility index (Phi) is 13.8. The van der Waals surface area contributed by atoms with Crippen LogP contribution in [-0.4, -0.2) is 102 Å². The fourth-order valence-electron chi connectivity index (χ4n) is 11.1. The molecule has 3 fully saturated rings. The summed E-state index contributed by atoms with van der Waals surface area (Å²) in [5.74, 6) is -6.26. The highest BCUT2D eigenvalue weighted by molar-refractivity contribution is 6.09. The SMILES string of the molecule is COc1ccc(CC(=O)O[C@H]2C(=O)[C@]3(C)[C@@H](OC(=O)/C=C/c4ccc(C(=O)c5ccccc5)cc4)C[C@H]4OC[C@@]4(OC(C)=O)[C@H]3[C@H](OC(=O)c3ccccc3)[C@]3(O)C[C@H](OC(C)=O)C(C)=C2C3(C)C)cc1. The van der Waals surface area contributed by atoms with Crippen LogP contribution in [0.3, 0.4) is 0 Å². The van der Waals surface area contributed by atoms with Crippen LogP contribution in [0.1, 0.15) is 91.8 Å². The van der Waals surface area contributed by atoms with Gasteiger partial charge in [0.15, 0.2) is 23.3 Å². The van der Waals surface area contributed by atoms with Crippen molar-refractivity contribution >= 4 is 47.5 Å². The Hall–Kier alpha value is -7.23. The van der Waals surface area contributed by atoms with Crippen LogP contribution >= 0.6 is 0 Å². The third kappa shape index (κ3) is 9.20. The van der Waals surface area contributed by atoms with Crippen molar-refractivity contribution in [1.82, 2.24) is 0 Å². The highest BCUT2D eigenvalue weighted by Crippen LogP contribution is 2.65. The number of benzene rings is 4. The maximum Gasteiger partial charge on any atom is 0.338 e. The largest absolute Gasteiger partial charge is 0.497 e. The number of esters is 5. The van der Waals surface area contributed by atoms with Crippen molar-refractivity contribution in [2.45, 2.75) is 103 Å².